The number of hydrogen-bond acceptors (Lipinski definition) is 4. The first-order chi connectivity index (χ1) is 14.2. The van der Waals surface area contributed by atoms with E-state index in [0.717, 1.165) is 52.2 Å². The molecule has 0 spiro atoms. The maximum atomic E-state index is 9.83. The zero-order valence-corrected chi connectivity index (χ0v) is 16.8. The second-order valence-electron chi connectivity index (χ2n) is 7.19. The van der Waals surface area contributed by atoms with Crippen LogP contribution in [0.15, 0.2) is 54.6 Å². The SMILES string of the molecule is COc1cc(N2CCCC2)c(OC)cc1/C=C(/C#N)c1ccc2ccccc2c1. The predicted octanol–water partition coefficient (Wildman–Crippen LogP) is 5.52. The van der Waals surface area contributed by atoms with Gasteiger partial charge in [-0.15, -0.1) is 0 Å². The Morgan fingerprint density at radius 3 is 2.34 bits per heavy atom. The lowest BCUT2D eigenvalue weighted by atomic mass is 9.99. The minimum atomic E-state index is 0.588. The number of nitriles is 1. The highest BCUT2D eigenvalue weighted by molar-refractivity contribution is 5.95. The highest BCUT2D eigenvalue weighted by atomic mass is 16.5. The fourth-order valence-corrected chi connectivity index (χ4v) is 3.92. The molecule has 1 heterocycles. The Hall–Kier alpha value is -3.45. The minimum Gasteiger partial charge on any atom is -0.496 e. The van der Waals surface area contributed by atoms with Gasteiger partial charge in [0.2, 0.25) is 0 Å². The van der Waals surface area contributed by atoms with E-state index in [-0.39, 0.29) is 0 Å². The summed E-state index contributed by atoms with van der Waals surface area (Å²) in [6.45, 7) is 2.05. The topological polar surface area (TPSA) is 45.5 Å². The molecule has 1 fully saturated rings. The van der Waals surface area contributed by atoms with Crippen LogP contribution in [0.5, 0.6) is 11.5 Å². The van der Waals surface area contributed by atoms with Gasteiger partial charge in [0.25, 0.3) is 0 Å². The number of benzene rings is 3. The van der Waals surface area contributed by atoms with Crippen LogP contribution in [0, 0.1) is 11.3 Å². The van der Waals surface area contributed by atoms with Crippen molar-refractivity contribution in [3.05, 3.63) is 65.7 Å². The highest BCUT2D eigenvalue weighted by Crippen LogP contribution is 2.38. The van der Waals surface area contributed by atoms with E-state index in [9.17, 15) is 5.26 Å². The van der Waals surface area contributed by atoms with Gasteiger partial charge in [-0.3, -0.25) is 0 Å². The molecule has 29 heavy (non-hydrogen) atoms. The molecule has 0 amide bonds. The summed E-state index contributed by atoms with van der Waals surface area (Å²) in [4.78, 5) is 2.32. The number of methoxy groups -OCH3 is 2. The molecule has 0 atom stereocenters. The molecule has 0 unspecified atom stereocenters. The third-order valence-corrected chi connectivity index (χ3v) is 5.46. The van der Waals surface area contributed by atoms with Gasteiger partial charge in [0.1, 0.15) is 11.5 Å². The average Bonchev–Trinajstić information content (AvgIpc) is 3.31. The van der Waals surface area contributed by atoms with E-state index >= 15 is 0 Å². The Morgan fingerprint density at radius 1 is 0.931 bits per heavy atom. The lowest BCUT2D eigenvalue weighted by Crippen LogP contribution is -2.18. The number of rotatable bonds is 5. The summed E-state index contributed by atoms with van der Waals surface area (Å²) >= 11 is 0. The summed E-state index contributed by atoms with van der Waals surface area (Å²) in [7, 11) is 3.35. The molecule has 0 aromatic heterocycles. The third kappa shape index (κ3) is 3.77. The van der Waals surface area contributed by atoms with Crippen LogP contribution >= 0.6 is 0 Å². The zero-order chi connectivity index (χ0) is 20.2. The van der Waals surface area contributed by atoms with E-state index in [1.54, 1.807) is 14.2 Å². The first kappa shape index (κ1) is 18.9. The van der Waals surface area contributed by atoms with Gasteiger partial charge < -0.3 is 14.4 Å². The molecule has 4 nitrogen and oxygen atoms in total. The molecule has 4 heteroatoms. The summed E-state index contributed by atoms with van der Waals surface area (Å²) in [6, 6.07) is 20.6. The standard InChI is InChI=1S/C25H24N2O2/c1-28-24-16-23(27-11-5-6-12-27)25(29-2)15-21(24)14-22(17-26)20-10-9-18-7-3-4-8-19(18)13-20/h3-4,7-10,13-16H,5-6,11-12H2,1-2H3/b22-14-. The number of allylic oxidation sites excluding steroid dienone is 1. The zero-order valence-electron chi connectivity index (χ0n) is 16.8. The molecule has 0 aliphatic carbocycles. The summed E-state index contributed by atoms with van der Waals surface area (Å²) in [6.07, 6.45) is 4.25. The highest BCUT2D eigenvalue weighted by Gasteiger charge is 2.19. The van der Waals surface area contributed by atoms with Crippen LogP contribution in [0.2, 0.25) is 0 Å². The normalized spacial score (nSPS) is 14.1. The summed E-state index contributed by atoms with van der Waals surface area (Å²) < 4.78 is 11.3. The van der Waals surface area contributed by atoms with Gasteiger partial charge >= 0.3 is 0 Å². The Labute approximate surface area is 171 Å². The molecule has 146 valence electrons. The van der Waals surface area contributed by atoms with E-state index in [4.69, 9.17) is 9.47 Å². The van der Waals surface area contributed by atoms with Crippen molar-refractivity contribution in [2.75, 3.05) is 32.2 Å². The average molecular weight is 384 g/mol. The van der Waals surface area contributed by atoms with Crippen molar-refractivity contribution in [1.82, 2.24) is 0 Å². The number of nitrogens with zero attached hydrogens (tertiary/aromatic N) is 2. The van der Waals surface area contributed by atoms with Gasteiger partial charge in [0, 0.05) is 24.7 Å². The molecule has 0 saturated carbocycles. The van der Waals surface area contributed by atoms with Crippen LogP contribution < -0.4 is 14.4 Å². The second kappa shape index (κ2) is 8.28. The van der Waals surface area contributed by atoms with Crippen molar-refractivity contribution < 1.29 is 9.47 Å². The first-order valence-corrected chi connectivity index (χ1v) is 9.85. The van der Waals surface area contributed by atoms with Crippen molar-refractivity contribution in [3.8, 4) is 17.6 Å². The van der Waals surface area contributed by atoms with Crippen LogP contribution in [0.4, 0.5) is 5.69 Å². The van der Waals surface area contributed by atoms with E-state index in [1.165, 1.54) is 12.8 Å². The van der Waals surface area contributed by atoms with E-state index < -0.39 is 0 Å². The largest absolute Gasteiger partial charge is 0.496 e. The molecule has 1 aliphatic rings. The number of hydrogen-bond donors (Lipinski definition) is 0. The maximum absolute atomic E-state index is 9.83. The molecule has 3 aromatic carbocycles. The predicted molar refractivity (Wildman–Crippen MR) is 118 cm³/mol. The lowest BCUT2D eigenvalue weighted by molar-refractivity contribution is 0.402. The minimum absolute atomic E-state index is 0.588. The number of anilines is 1. The second-order valence-corrected chi connectivity index (χ2v) is 7.19. The maximum Gasteiger partial charge on any atom is 0.143 e. The summed E-state index contributed by atoms with van der Waals surface area (Å²) in [5.41, 5.74) is 3.35. The van der Waals surface area contributed by atoms with Gasteiger partial charge in [-0.2, -0.15) is 5.26 Å². The van der Waals surface area contributed by atoms with Gasteiger partial charge in [-0.25, -0.2) is 0 Å². The van der Waals surface area contributed by atoms with Gasteiger partial charge in [0.05, 0.1) is 31.5 Å². The van der Waals surface area contributed by atoms with Crippen molar-refractivity contribution in [3.63, 3.8) is 0 Å². The van der Waals surface area contributed by atoms with Crippen LogP contribution in [0.25, 0.3) is 22.4 Å². The Morgan fingerprint density at radius 2 is 1.66 bits per heavy atom. The van der Waals surface area contributed by atoms with E-state index in [2.05, 4.69) is 23.1 Å². The van der Waals surface area contributed by atoms with Crippen LogP contribution in [-0.4, -0.2) is 27.3 Å². The molecular weight excluding hydrogens is 360 g/mol. The quantitative estimate of drug-likeness (QED) is 0.429. The van der Waals surface area contributed by atoms with Crippen molar-refractivity contribution in [2.24, 2.45) is 0 Å². The fourth-order valence-electron chi connectivity index (χ4n) is 3.92. The summed E-state index contributed by atoms with van der Waals surface area (Å²) in [5, 5.41) is 12.1. The third-order valence-electron chi connectivity index (χ3n) is 5.46. The van der Waals surface area contributed by atoms with Crippen LogP contribution in [0.3, 0.4) is 0 Å². The fraction of sp³-hybridized carbons (Fsp3) is 0.240. The molecular formula is C25H24N2O2. The van der Waals surface area contributed by atoms with E-state index in [0.29, 0.717) is 5.57 Å². The molecule has 3 aromatic rings. The Kier molecular flexibility index (Phi) is 5.39. The Bertz CT molecular complexity index is 1110. The van der Waals surface area contributed by atoms with Gasteiger partial charge in [-0.05, 0) is 47.4 Å². The lowest BCUT2D eigenvalue weighted by Gasteiger charge is -2.22. The van der Waals surface area contributed by atoms with Gasteiger partial charge in [0.15, 0.2) is 0 Å². The smallest absolute Gasteiger partial charge is 0.143 e. The molecule has 0 radical (unpaired) electrons. The molecule has 4 rings (SSSR count). The van der Waals surface area contributed by atoms with Gasteiger partial charge in [-0.1, -0.05) is 36.4 Å². The van der Waals surface area contributed by atoms with Crippen molar-refractivity contribution in [2.45, 2.75) is 12.8 Å². The molecule has 1 aliphatic heterocycles. The van der Waals surface area contributed by atoms with E-state index in [1.807, 2.05) is 48.5 Å². The van der Waals surface area contributed by atoms with Crippen LogP contribution in [0.1, 0.15) is 24.0 Å². The number of fused-ring (bicyclic) bond motifs is 1. The number of ether oxygens (including phenoxy) is 2. The monoisotopic (exact) mass is 384 g/mol. The Balaban J connectivity index is 1.78. The first-order valence-electron chi connectivity index (χ1n) is 9.85. The molecule has 0 bridgehead atoms. The van der Waals surface area contributed by atoms with Crippen molar-refractivity contribution in [1.29, 1.82) is 5.26 Å². The summed E-state index contributed by atoms with van der Waals surface area (Å²) in [5.74, 6) is 1.54. The van der Waals surface area contributed by atoms with Crippen molar-refractivity contribution >= 4 is 28.1 Å². The van der Waals surface area contributed by atoms with Crippen LogP contribution in [-0.2, 0) is 0 Å². The molecule has 0 N–H and O–H groups in total. The molecule has 1 saturated heterocycles.